The maximum atomic E-state index is 11.9. The highest BCUT2D eigenvalue weighted by Crippen LogP contribution is 2.10. The van der Waals surface area contributed by atoms with Crippen molar-refractivity contribution >= 4 is 24.4 Å². The van der Waals surface area contributed by atoms with Crippen LogP contribution >= 0.6 is 12.6 Å². The molecule has 0 aliphatic carbocycles. The van der Waals surface area contributed by atoms with Gasteiger partial charge in [0, 0.05) is 31.0 Å². The summed E-state index contributed by atoms with van der Waals surface area (Å²) < 4.78 is 0. The first-order chi connectivity index (χ1) is 10.1. The second kappa shape index (κ2) is 8.08. The standard InChI is InChI=1S/C16H22N2O2S/c19-15(12-13-4-6-14(21)7-5-13)17-9-8-16(20)18-10-2-1-3-11-18/h4-7,21H,1-3,8-12H2,(H,17,19). The van der Waals surface area contributed by atoms with Crippen LogP contribution in [0.4, 0.5) is 0 Å². The van der Waals surface area contributed by atoms with Gasteiger partial charge in [-0.3, -0.25) is 9.59 Å². The molecule has 5 heteroatoms. The number of amides is 2. The fourth-order valence-corrected chi connectivity index (χ4v) is 2.62. The normalized spacial score (nSPS) is 14.8. The molecular weight excluding hydrogens is 284 g/mol. The number of nitrogens with one attached hydrogen (secondary N) is 1. The van der Waals surface area contributed by atoms with Crippen molar-refractivity contribution in [3.8, 4) is 0 Å². The third-order valence-corrected chi connectivity index (χ3v) is 3.97. The highest BCUT2D eigenvalue weighted by Gasteiger charge is 2.16. The molecule has 1 saturated heterocycles. The van der Waals surface area contributed by atoms with E-state index in [0.29, 0.717) is 19.4 Å². The van der Waals surface area contributed by atoms with Gasteiger partial charge in [0.25, 0.3) is 0 Å². The van der Waals surface area contributed by atoms with E-state index in [2.05, 4.69) is 17.9 Å². The Morgan fingerprint density at radius 1 is 1.10 bits per heavy atom. The lowest BCUT2D eigenvalue weighted by atomic mass is 10.1. The van der Waals surface area contributed by atoms with Crippen LogP contribution in [-0.2, 0) is 16.0 Å². The number of thiol groups is 1. The average molecular weight is 306 g/mol. The quantitative estimate of drug-likeness (QED) is 0.818. The van der Waals surface area contributed by atoms with Gasteiger partial charge in [0.1, 0.15) is 0 Å². The zero-order valence-electron chi connectivity index (χ0n) is 12.2. The first-order valence-corrected chi connectivity index (χ1v) is 7.92. The molecule has 114 valence electrons. The zero-order chi connectivity index (χ0) is 15.1. The Hall–Kier alpha value is -1.49. The number of hydrogen-bond donors (Lipinski definition) is 2. The van der Waals surface area contributed by atoms with Gasteiger partial charge in [-0.1, -0.05) is 12.1 Å². The molecule has 1 aromatic rings. The van der Waals surface area contributed by atoms with E-state index in [9.17, 15) is 9.59 Å². The number of rotatable bonds is 5. The summed E-state index contributed by atoms with van der Waals surface area (Å²) in [6, 6.07) is 7.51. The fourth-order valence-electron chi connectivity index (χ4n) is 2.47. The Kier molecular flexibility index (Phi) is 6.11. The maximum absolute atomic E-state index is 11.9. The van der Waals surface area contributed by atoms with Crippen LogP contribution in [-0.4, -0.2) is 36.3 Å². The minimum Gasteiger partial charge on any atom is -0.355 e. The third-order valence-electron chi connectivity index (χ3n) is 3.67. The molecule has 1 heterocycles. The van der Waals surface area contributed by atoms with Gasteiger partial charge in [-0.2, -0.15) is 0 Å². The first kappa shape index (κ1) is 15.9. The van der Waals surface area contributed by atoms with Crippen LogP contribution in [0.15, 0.2) is 29.2 Å². The molecule has 0 aromatic heterocycles. The van der Waals surface area contributed by atoms with E-state index in [-0.39, 0.29) is 11.8 Å². The number of nitrogens with zero attached hydrogens (tertiary/aromatic N) is 1. The highest BCUT2D eigenvalue weighted by atomic mass is 32.1. The number of benzene rings is 1. The monoisotopic (exact) mass is 306 g/mol. The van der Waals surface area contributed by atoms with Gasteiger partial charge >= 0.3 is 0 Å². The molecule has 0 atom stereocenters. The predicted molar refractivity (Wildman–Crippen MR) is 85.5 cm³/mol. The molecule has 1 aromatic carbocycles. The summed E-state index contributed by atoms with van der Waals surface area (Å²) in [5.74, 6) is 0.0998. The van der Waals surface area contributed by atoms with Gasteiger partial charge in [-0.05, 0) is 37.0 Å². The Bertz CT molecular complexity index is 482. The summed E-state index contributed by atoms with van der Waals surface area (Å²) in [7, 11) is 0. The third kappa shape index (κ3) is 5.42. The predicted octanol–water partition coefficient (Wildman–Crippen LogP) is 2.04. The molecule has 21 heavy (non-hydrogen) atoms. The SMILES string of the molecule is O=C(Cc1ccc(S)cc1)NCCC(=O)N1CCCCC1. The molecule has 2 amide bonds. The van der Waals surface area contributed by atoms with E-state index in [1.54, 1.807) is 0 Å². The van der Waals surface area contributed by atoms with E-state index >= 15 is 0 Å². The van der Waals surface area contributed by atoms with Gasteiger partial charge < -0.3 is 10.2 Å². The molecular formula is C16H22N2O2S. The summed E-state index contributed by atoms with van der Waals surface area (Å²) >= 11 is 4.21. The topological polar surface area (TPSA) is 49.4 Å². The Balaban J connectivity index is 1.66. The number of likely N-dealkylation sites (tertiary alicyclic amines) is 1. The summed E-state index contributed by atoms with van der Waals surface area (Å²) in [5, 5.41) is 2.81. The number of piperidine rings is 1. The number of hydrogen-bond acceptors (Lipinski definition) is 3. The van der Waals surface area contributed by atoms with E-state index in [0.717, 1.165) is 36.4 Å². The van der Waals surface area contributed by atoms with Gasteiger partial charge in [0.2, 0.25) is 11.8 Å². The van der Waals surface area contributed by atoms with Gasteiger partial charge in [0.15, 0.2) is 0 Å². The van der Waals surface area contributed by atoms with Crippen molar-refractivity contribution in [2.24, 2.45) is 0 Å². The van der Waals surface area contributed by atoms with Crippen LogP contribution in [0.5, 0.6) is 0 Å². The number of carbonyl (C=O) groups is 2. The lowest BCUT2D eigenvalue weighted by molar-refractivity contribution is -0.132. The van der Waals surface area contributed by atoms with Crippen LogP contribution in [0.2, 0.25) is 0 Å². The van der Waals surface area contributed by atoms with E-state index in [4.69, 9.17) is 0 Å². The fraction of sp³-hybridized carbons (Fsp3) is 0.500. The summed E-state index contributed by atoms with van der Waals surface area (Å²) in [6.45, 7) is 2.14. The second-order valence-corrected chi connectivity index (χ2v) is 5.90. The van der Waals surface area contributed by atoms with Crippen molar-refractivity contribution in [3.63, 3.8) is 0 Å². The molecule has 1 N–H and O–H groups in total. The van der Waals surface area contributed by atoms with E-state index < -0.39 is 0 Å². The van der Waals surface area contributed by atoms with Gasteiger partial charge in [0.05, 0.1) is 6.42 Å². The van der Waals surface area contributed by atoms with Crippen molar-refractivity contribution < 1.29 is 9.59 Å². The average Bonchev–Trinajstić information content (AvgIpc) is 2.50. The minimum atomic E-state index is -0.0478. The van der Waals surface area contributed by atoms with E-state index in [1.165, 1.54) is 6.42 Å². The van der Waals surface area contributed by atoms with Crippen molar-refractivity contribution in [3.05, 3.63) is 29.8 Å². The molecule has 1 fully saturated rings. The molecule has 2 rings (SSSR count). The molecule has 0 radical (unpaired) electrons. The van der Waals surface area contributed by atoms with Crippen LogP contribution in [0, 0.1) is 0 Å². The van der Waals surface area contributed by atoms with Crippen molar-refractivity contribution in [1.29, 1.82) is 0 Å². The molecule has 1 aliphatic heterocycles. The van der Waals surface area contributed by atoms with Gasteiger partial charge in [-0.25, -0.2) is 0 Å². The van der Waals surface area contributed by atoms with Crippen molar-refractivity contribution in [2.75, 3.05) is 19.6 Å². The Morgan fingerprint density at radius 2 is 1.76 bits per heavy atom. The zero-order valence-corrected chi connectivity index (χ0v) is 13.1. The summed E-state index contributed by atoms with van der Waals surface area (Å²) in [4.78, 5) is 26.5. The minimum absolute atomic E-state index is 0.0478. The van der Waals surface area contributed by atoms with Crippen LogP contribution in [0.25, 0.3) is 0 Å². The van der Waals surface area contributed by atoms with Crippen molar-refractivity contribution in [1.82, 2.24) is 10.2 Å². The molecule has 0 unspecified atom stereocenters. The second-order valence-electron chi connectivity index (χ2n) is 5.38. The lowest BCUT2D eigenvalue weighted by Gasteiger charge is -2.26. The summed E-state index contributed by atoms with van der Waals surface area (Å²) in [5.41, 5.74) is 0.952. The van der Waals surface area contributed by atoms with Gasteiger partial charge in [-0.15, -0.1) is 12.6 Å². The molecule has 4 nitrogen and oxygen atoms in total. The molecule has 0 spiro atoms. The Labute approximate surface area is 131 Å². The largest absolute Gasteiger partial charge is 0.355 e. The van der Waals surface area contributed by atoms with Crippen LogP contribution < -0.4 is 5.32 Å². The van der Waals surface area contributed by atoms with Crippen molar-refractivity contribution in [2.45, 2.75) is 37.0 Å². The first-order valence-electron chi connectivity index (χ1n) is 7.47. The molecule has 0 saturated carbocycles. The highest BCUT2D eigenvalue weighted by molar-refractivity contribution is 7.80. The molecule has 1 aliphatic rings. The van der Waals surface area contributed by atoms with Crippen LogP contribution in [0.1, 0.15) is 31.2 Å². The molecule has 0 bridgehead atoms. The maximum Gasteiger partial charge on any atom is 0.224 e. The van der Waals surface area contributed by atoms with E-state index in [1.807, 2.05) is 29.2 Å². The smallest absolute Gasteiger partial charge is 0.224 e. The summed E-state index contributed by atoms with van der Waals surface area (Å²) in [6.07, 6.45) is 4.14. The number of carbonyl (C=O) groups excluding carboxylic acids is 2. The Morgan fingerprint density at radius 3 is 2.43 bits per heavy atom. The lowest BCUT2D eigenvalue weighted by Crippen LogP contribution is -2.38. The van der Waals surface area contributed by atoms with Crippen LogP contribution in [0.3, 0.4) is 0 Å².